The van der Waals surface area contributed by atoms with Gasteiger partial charge in [-0.15, -0.1) is 0 Å². The zero-order chi connectivity index (χ0) is 16.1. The number of carbonyl (C=O) groups is 1. The molecule has 0 aromatic heterocycles. The summed E-state index contributed by atoms with van der Waals surface area (Å²) in [5.41, 5.74) is 1.92. The van der Waals surface area contributed by atoms with Gasteiger partial charge in [0.05, 0.1) is 0 Å². The van der Waals surface area contributed by atoms with Crippen molar-refractivity contribution >= 4 is 5.91 Å². The average Bonchev–Trinajstić information content (AvgIpc) is 2.58. The third-order valence-electron chi connectivity index (χ3n) is 4.30. The van der Waals surface area contributed by atoms with Crippen molar-refractivity contribution in [3.63, 3.8) is 0 Å². The molecular formula is C19H22N2O2. The molecule has 2 aromatic carbocycles. The van der Waals surface area contributed by atoms with Gasteiger partial charge >= 0.3 is 0 Å². The Kier molecular flexibility index (Phi) is 4.93. The molecule has 1 saturated heterocycles. The minimum Gasteiger partial charge on any atom is -0.508 e. The van der Waals surface area contributed by atoms with Crippen LogP contribution in [0.1, 0.15) is 28.8 Å². The van der Waals surface area contributed by atoms with Crippen molar-refractivity contribution in [2.45, 2.75) is 25.4 Å². The van der Waals surface area contributed by atoms with Gasteiger partial charge in [-0.1, -0.05) is 30.3 Å². The van der Waals surface area contributed by atoms with Crippen molar-refractivity contribution in [1.82, 2.24) is 10.2 Å². The summed E-state index contributed by atoms with van der Waals surface area (Å²) in [5.74, 6) is 0.113. The van der Waals surface area contributed by atoms with Gasteiger partial charge in [0.1, 0.15) is 5.75 Å². The first kappa shape index (κ1) is 15.6. The van der Waals surface area contributed by atoms with Crippen LogP contribution in [0.4, 0.5) is 0 Å². The molecular weight excluding hydrogens is 288 g/mol. The van der Waals surface area contributed by atoms with Crippen LogP contribution in [0, 0.1) is 0 Å². The lowest BCUT2D eigenvalue weighted by Crippen LogP contribution is -2.44. The van der Waals surface area contributed by atoms with E-state index in [0.717, 1.165) is 32.5 Å². The highest BCUT2D eigenvalue weighted by molar-refractivity contribution is 5.94. The molecule has 4 nitrogen and oxygen atoms in total. The Morgan fingerprint density at radius 2 is 1.70 bits per heavy atom. The minimum atomic E-state index is -0.0634. The maximum absolute atomic E-state index is 12.2. The van der Waals surface area contributed by atoms with Gasteiger partial charge in [-0.3, -0.25) is 9.69 Å². The van der Waals surface area contributed by atoms with Crippen LogP contribution < -0.4 is 5.32 Å². The number of likely N-dealkylation sites (tertiary alicyclic amines) is 1. The molecule has 1 aliphatic rings. The van der Waals surface area contributed by atoms with E-state index >= 15 is 0 Å². The Balaban J connectivity index is 1.47. The van der Waals surface area contributed by atoms with Gasteiger partial charge in [0.25, 0.3) is 5.91 Å². The third kappa shape index (κ3) is 4.33. The second-order valence-electron chi connectivity index (χ2n) is 6.06. The summed E-state index contributed by atoms with van der Waals surface area (Å²) in [6.45, 7) is 2.96. The Hall–Kier alpha value is -2.33. The molecule has 0 radical (unpaired) electrons. The number of rotatable bonds is 4. The van der Waals surface area contributed by atoms with E-state index in [2.05, 4.69) is 34.5 Å². The zero-order valence-corrected chi connectivity index (χ0v) is 13.1. The monoisotopic (exact) mass is 310 g/mol. The van der Waals surface area contributed by atoms with E-state index < -0.39 is 0 Å². The van der Waals surface area contributed by atoms with Crippen LogP contribution in [0.2, 0.25) is 0 Å². The molecule has 1 fully saturated rings. The number of amides is 1. The lowest BCUT2D eigenvalue weighted by atomic mass is 10.0. The normalized spacial score (nSPS) is 16.2. The van der Waals surface area contributed by atoms with Crippen molar-refractivity contribution in [1.29, 1.82) is 0 Å². The number of carbonyl (C=O) groups excluding carboxylic acids is 1. The maximum Gasteiger partial charge on any atom is 0.251 e. The summed E-state index contributed by atoms with van der Waals surface area (Å²) in [6.07, 6.45) is 1.94. The third-order valence-corrected chi connectivity index (χ3v) is 4.30. The highest BCUT2D eigenvalue weighted by Crippen LogP contribution is 2.15. The summed E-state index contributed by atoms with van der Waals surface area (Å²) in [4.78, 5) is 14.6. The van der Waals surface area contributed by atoms with Gasteiger partial charge in [0, 0.05) is 31.2 Å². The van der Waals surface area contributed by atoms with E-state index in [0.29, 0.717) is 5.56 Å². The molecule has 120 valence electrons. The number of hydrogen-bond acceptors (Lipinski definition) is 3. The number of aromatic hydroxyl groups is 1. The van der Waals surface area contributed by atoms with E-state index in [9.17, 15) is 9.90 Å². The van der Waals surface area contributed by atoms with Gasteiger partial charge in [0.2, 0.25) is 0 Å². The van der Waals surface area contributed by atoms with Crippen molar-refractivity contribution in [3.8, 4) is 5.75 Å². The molecule has 1 aliphatic heterocycles. The highest BCUT2D eigenvalue weighted by Gasteiger charge is 2.21. The van der Waals surface area contributed by atoms with Gasteiger partial charge in [-0.05, 0) is 42.7 Å². The molecule has 0 saturated carbocycles. The van der Waals surface area contributed by atoms with Crippen molar-refractivity contribution in [2.75, 3.05) is 13.1 Å². The van der Waals surface area contributed by atoms with Gasteiger partial charge in [-0.2, -0.15) is 0 Å². The summed E-state index contributed by atoms with van der Waals surface area (Å²) in [6, 6.07) is 17.1. The highest BCUT2D eigenvalue weighted by atomic mass is 16.3. The van der Waals surface area contributed by atoms with Gasteiger partial charge < -0.3 is 10.4 Å². The standard InChI is InChI=1S/C19H22N2O2/c22-18-8-6-16(7-9-18)19(23)20-17-10-12-21(13-11-17)14-15-4-2-1-3-5-15/h1-9,17,22H,10-14H2,(H,20,23). The van der Waals surface area contributed by atoms with E-state index in [1.54, 1.807) is 12.1 Å². The Morgan fingerprint density at radius 1 is 1.04 bits per heavy atom. The Morgan fingerprint density at radius 3 is 2.35 bits per heavy atom. The molecule has 1 amide bonds. The molecule has 2 aromatic rings. The van der Waals surface area contributed by atoms with Crippen LogP contribution >= 0.6 is 0 Å². The number of phenols is 1. The smallest absolute Gasteiger partial charge is 0.251 e. The zero-order valence-electron chi connectivity index (χ0n) is 13.1. The van der Waals surface area contributed by atoms with Gasteiger partial charge in [0.15, 0.2) is 0 Å². The fourth-order valence-electron chi connectivity index (χ4n) is 2.96. The number of nitrogens with zero attached hydrogens (tertiary/aromatic N) is 1. The lowest BCUT2D eigenvalue weighted by molar-refractivity contribution is 0.0909. The van der Waals surface area contributed by atoms with Crippen LogP contribution in [0.15, 0.2) is 54.6 Å². The second-order valence-corrected chi connectivity index (χ2v) is 6.06. The molecule has 0 spiro atoms. The second kappa shape index (κ2) is 7.29. The summed E-state index contributed by atoms with van der Waals surface area (Å²) in [5, 5.41) is 12.4. The SMILES string of the molecule is O=C(NC1CCN(Cc2ccccc2)CC1)c1ccc(O)cc1. The molecule has 0 unspecified atom stereocenters. The summed E-state index contributed by atoms with van der Waals surface area (Å²) >= 11 is 0. The average molecular weight is 310 g/mol. The predicted molar refractivity (Wildman–Crippen MR) is 90.3 cm³/mol. The quantitative estimate of drug-likeness (QED) is 0.913. The molecule has 0 atom stereocenters. The van der Waals surface area contributed by atoms with E-state index in [4.69, 9.17) is 0 Å². The van der Waals surface area contributed by atoms with Gasteiger partial charge in [-0.25, -0.2) is 0 Å². The predicted octanol–water partition coefficient (Wildman–Crippen LogP) is 2.79. The first-order valence-corrected chi connectivity index (χ1v) is 8.07. The molecule has 23 heavy (non-hydrogen) atoms. The summed E-state index contributed by atoms with van der Waals surface area (Å²) in [7, 11) is 0. The minimum absolute atomic E-state index is 0.0634. The van der Waals surface area contributed by atoms with E-state index in [-0.39, 0.29) is 17.7 Å². The summed E-state index contributed by atoms with van der Waals surface area (Å²) < 4.78 is 0. The van der Waals surface area contributed by atoms with Crippen LogP contribution in [-0.2, 0) is 6.54 Å². The molecule has 0 bridgehead atoms. The molecule has 4 heteroatoms. The van der Waals surface area contributed by atoms with Crippen LogP contribution in [0.3, 0.4) is 0 Å². The van der Waals surface area contributed by atoms with Crippen LogP contribution in [-0.4, -0.2) is 35.0 Å². The fraction of sp³-hybridized carbons (Fsp3) is 0.316. The van der Waals surface area contributed by atoms with Crippen molar-refractivity contribution in [2.24, 2.45) is 0 Å². The number of phenolic OH excluding ortho intramolecular Hbond substituents is 1. The first-order chi connectivity index (χ1) is 11.2. The number of hydrogen-bond donors (Lipinski definition) is 2. The first-order valence-electron chi connectivity index (χ1n) is 8.07. The molecule has 1 heterocycles. The van der Waals surface area contributed by atoms with Crippen LogP contribution in [0.5, 0.6) is 5.75 Å². The topological polar surface area (TPSA) is 52.6 Å². The number of piperidine rings is 1. The maximum atomic E-state index is 12.2. The molecule has 0 aliphatic carbocycles. The Bertz CT molecular complexity index is 632. The van der Waals surface area contributed by atoms with E-state index in [1.807, 2.05) is 6.07 Å². The number of benzene rings is 2. The Labute approximate surface area is 136 Å². The molecule has 3 rings (SSSR count). The lowest BCUT2D eigenvalue weighted by Gasteiger charge is -2.32. The van der Waals surface area contributed by atoms with Crippen molar-refractivity contribution < 1.29 is 9.90 Å². The van der Waals surface area contributed by atoms with Crippen molar-refractivity contribution in [3.05, 3.63) is 65.7 Å². The molecule has 2 N–H and O–H groups in total. The largest absolute Gasteiger partial charge is 0.508 e. The number of nitrogens with one attached hydrogen (secondary N) is 1. The van der Waals surface area contributed by atoms with E-state index in [1.165, 1.54) is 17.7 Å². The fourth-order valence-corrected chi connectivity index (χ4v) is 2.96. The van der Waals surface area contributed by atoms with Crippen LogP contribution in [0.25, 0.3) is 0 Å².